The topological polar surface area (TPSA) is 0 Å². The molecule has 0 saturated heterocycles. The Balaban J connectivity index is 2.87. The normalized spacial score (nSPS) is 15.4. The largest absolute Gasteiger partial charge is 0.239 e. The maximum Gasteiger partial charge on any atom is 0.133 e. The summed E-state index contributed by atoms with van der Waals surface area (Å²) in [6.07, 6.45) is 1.47. The van der Waals surface area contributed by atoms with Crippen LogP contribution in [0, 0.1) is 6.92 Å². The van der Waals surface area contributed by atoms with E-state index in [-0.39, 0.29) is 0 Å². The lowest BCUT2D eigenvalue weighted by Gasteiger charge is -2.20. The van der Waals surface area contributed by atoms with Gasteiger partial charge in [0, 0.05) is 0 Å². The number of hydrogen-bond acceptors (Lipinski definition) is 0. The molecule has 0 heterocycles. The number of aryl methyl sites for hydroxylation is 1. The average molecular weight is 180 g/mol. The summed E-state index contributed by atoms with van der Waals surface area (Å²) in [5, 5.41) is 0. The van der Waals surface area contributed by atoms with Crippen LogP contribution in [0.2, 0.25) is 0 Å². The zero-order chi connectivity index (χ0) is 9.90. The highest BCUT2D eigenvalue weighted by Crippen LogP contribution is 2.30. The van der Waals surface area contributed by atoms with Crippen molar-refractivity contribution >= 4 is 0 Å². The number of rotatable bonds is 3. The standard InChI is InChI=1S/C12H17F/c1-4-9-12(3,13)11-7-5-10(2)6-8-11/h5-8H,4,9H2,1-3H3. The van der Waals surface area contributed by atoms with E-state index in [1.54, 1.807) is 6.92 Å². The van der Waals surface area contributed by atoms with E-state index >= 15 is 0 Å². The maximum atomic E-state index is 14.0. The Bertz CT molecular complexity index is 259. The SMILES string of the molecule is CCCC(C)(F)c1ccc(C)cc1. The van der Waals surface area contributed by atoms with Gasteiger partial charge in [-0.3, -0.25) is 0 Å². The molecule has 1 unspecified atom stereocenters. The molecule has 0 N–H and O–H groups in total. The van der Waals surface area contributed by atoms with Crippen molar-refractivity contribution in [3.63, 3.8) is 0 Å². The van der Waals surface area contributed by atoms with Gasteiger partial charge in [-0.25, -0.2) is 4.39 Å². The lowest BCUT2D eigenvalue weighted by atomic mass is 9.93. The Morgan fingerprint density at radius 2 is 1.77 bits per heavy atom. The summed E-state index contributed by atoms with van der Waals surface area (Å²) in [5.74, 6) is 0. The Morgan fingerprint density at radius 3 is 2.23 bits per heavy atom. The molecule has 13 heavy (non-hydrogen) atoms. The zero-order valence-corrected chi connectivity index (χ0v) is 8.60. The third-order valence-electron chi connectivity index (χ3n) is 2.37. The molecule has 0 aliphatic rings. The first-order chi connectivity index (χ1) is 6.06. The molecule has 0 aliphatic carbocycles. The fourth-order valence-corrected chi connectivity index (χ4v) is 1.51. The van der Waals surface area contributed by atoms with Crippen LogP contribution in [-0.4, -0.2) is 0 Å². The van der Waals surface area contributed by atoms with Gasteiger partial charge in [0.15, 0.2) is 0 Å². The average Bonchev–Trinajstić information content (AvgIpc) is 2.05. The molecular formula is C12H17F. The summed E-state index contributed by atoms with van der Waals surface area (Å²) in [6, 6.07) is 7.68. The molecule has 0 fully saturated rings. The summed E-state index contributed by atoms with van der Waals surface area (Å²) in [7, 11) is 0. The molecule has 72 valence electrons. The first-order valence-electron chi connectivity index (χ1n) is 4.82. The molecule has 0 amide bonds. The van der Waals surface area contributed by atoms with Crippen LogP contribution < -0.4 is 0 Å². The van der Waals surface area contributed by atoms with Crippen LogP contribution in [0.4, 0.5) is 4.39 Å². The number of halogens is 1. The number of alkyl halides is 1. The summed E-state index contributed by atoms with van der Waals surface area (Å²) in [5.41, 5.74) is 0.804. The van der Waals surface area contributed by atoms with E-state index in [4.69, 9.17) is 0 Å². The van der Waals surface area contributed by atoms with Crippen LogP contribution >= 0.6 is 0 Å². The predicted octanol–water partition coefficient (Wildman–Crippen LogP) is 3.98. The molecule has 0 nitrogen and oxygen atoms in total. The van der Waals surface area contributed by atoms with Gasteiger partial charge in [0.25, 0.3) is 0 Å². The van der Waals surface area contributed by atoms with E-state index in [0.29, 0.717) is 6.42 Å². The molecule has 1 atom stereocenters. The Labute approximate surface area is 79.8 Å². The van der Waals surface area contributed by atoms with Gasteiger partial charge < -0.3 is 0 Å². The molecule has 0 aromatic heterocycles. The highest BCUT2D eigenvalue weighted by molar-refractivity contribution is 5.25. The zero-order valence-electron chi connectivity index (χ0n) is 8.60. The van der Waals surface area contributed by atoms with Crippen molar-refractivity contribution in [1.29, 1.82) is 0 Å². The van der Waals surface area contributed by atoms with Gasteiger partial charge >= 0.3 is 0 Å². The van der Waals surface area contributed by atoms with Crippen LogP contribution in [0.25, 0.3) is 0 Å². The second-order valence-corrected chi connectivity index (χ2v) is 3.81. The third kappa shape index (κ3) is 2.55. The van der Waals surface area contributed by atoms with Crippen molar-refractivity contribution < 1.29 is 4.39 Å². The Kier molecular flexibility index (Phi) is 3.07. The minimum atomic E-state index is -1.16. The molecule has 1 rings (SSSR count). The van der Waals surface area contributed by atoms with E-state index in [1.165, 1.54) is 5.56 Å². The summed E-state index contributed by atoms with van der Waals surface area (Å²) in [6.45, 7) is 5.67. The van der Waals surface area contributed by atoms with Gasteiger partial charge in [-0.2, -0.15) is 0 Å². The highest BCUT2D eigenvalue weighted by atomic mass is 19.1. The van der Waals surface area contributed by atoms with Crippen molar-refractivity contribution in [3.8, 4) is 0 Å². The van der Waals surface area contributed by atoms with Crippen molar-refractivity contribution in [2.75, 3.05) is 0 Å². The number of benzene rings is 1. The van der Waals surface area contributed by atoms with Crippen LogP contribution in [0.5, 0.6) is 0 Å². The van der Waals surface area contributed by atoms with E-state index in [1.807, 2.05) is 38.1 Å². The molecule has 0 bridgehead atoms. The van der Waals surface area contributed by atoms with E-state index in [9.17, 15) is 4.39 Å². The molecule has 1 aromatic carbocycles. The first kappa shape index (κ1) is 10.2. The van der Waals surface area contributed by atoms with Crippen molar-refractivity contribution in [2.24, 2.45) is 0 Å². The van der Waals surface area contributed by atoms with Crippen molar-refractivity contribution in [1.82, 2.24) is 0 Å². The first-order valence-corrected chi connectivity index (χ1v) is 4.82. The molecule has 0 saturated carbocycles. The lowest BCUT2D eigenvalue weighted by molar-refractivity contribution is 0.175. The van der Waals surface area contributed by atoms with E-state index in [2.05, 4.69) is 0 Å². The molecule has 1 aromatic rings. The van der Waals surface area contributed by atoms with E-state index in [0.717, 1.165) is 12.0 Å². The lowest BCUT2D eigenvalue weighted by Crippen LogP contribution is -2.14. The maximum absolute atomic E-state index is 14.0. The highest BCUT2D eigenvalue weighted by Gasteiger charge is 2.23. The molecule has 1 heteroatoms. The van der Waals surface area contributed by atoms with Crippen LogP contribution in [0.3, 0.4) is 0 Å². The van der Waals surface area contributed by atoms with Crippen LogP contribution in [-0.2, 0) is 5.67 Å². The number of hydrogen-bond donors (Lipinski definition) is 0. The fourth-order valence-electron chi connectivity index (χ4n) is 1.51. The van der Waals surface area contributed by atoms with Gasteiger partial charge in [0.1, 0.15) is 5.67 Å². The van der Waals surface area contributed by atoms with Crippen molar-refractivity contribution in [2.45, 2.75) is 39.3 Å². The van der Waals surface area contributed by atoms with Gasteiger partial charge in [-0.05, 0) is 25.8 Å². The summed E-state index contributed by atoms with van der Waals surface area (Å²) in [4.78, 5) is 0. The molecular weight excluding hydrogens is 163 g/mol. The van der Waals surface area contributed by atoms with Gasteiger partial charge in [0.05, 0.1) is 0 Å². The molecule has 0 aliphatic heterocycles. The van der Waals surface area contributed by atoms with Crippen LogP contribution in [0.1, 0.15) is 37.8 Å². The molecule has 0 spiro atoms. The Hall–Kier alpha value is -0.850. The second kappa shape index (κ2) is 3.91. The Morgan fingerprint density at radius 1 is 1.23 bits per heavy atom. The molecule has 0 radical (unpaired) electrons. The monoisotopic (exact) mass is 180 g/mol. The minimum absolute atomic E-state index is 0.593. The van der Waals surface area contributed by atoms with Gasteiger partial charge in [0.2, 0.25) is 0 Å². The third-order valence-corrected chi connectivity index (χ3v) is 2.37. The van der Waals surface area contributed by atoms with E-state index < -0.39 is 5.67 Å². The predicted molar refractivity (Wildman–Crippen MR) is 54.5 cm³/mol. The smallest absolute Gasteiger partial charge is 0.133 e. The van der Waals surface area contributed by atoms with Gasteiger partial charge in [-0.1, -0.05) is 43.2 Å². The summed E-state index contributed by atoms with van der Waals surface area (Å²) >= 11 is 0. The van der Waals surface area contributed by atoms with Gasteiger partial charge in [-0.15, -0.1) is 0 Å². The second-order valence-electron chi connectivity index (χ2n) is 3.81. The van der Waals surface area contributed by atoms with Crippen molar-refractivity contribution in [3.05, 3.63) is 35.4 Å². The fraction of sp³-hybridized carbons (Fsp3) is 0.500. The van der Waals surface area contributed by atoms with Crippen LogP contribution in [0.15, 0.2) is 24.3 Å². The summed E-state index contributed by atoms with van der Waals surface area (Å²) < 4.78 is 14.0. The quantitative estimate of drug-likeness (QED) is 0.660. The minimum Gasteiger partial charge on any atom is -0.239 e.